The predicted molar refractivity (Wildman–Crippen MR) is 79.3 cm³/mol. The second kappa shape index (κ2) is 5.94. The molecule has 2 rings (SSSR count). The molecule has 1 fully saturated rings. The van der Waals surface area contributed by atoms with Crippen LogP contribution in [0.3, 0.4) is 0 Å². The van der Waals surface area contributed by atoms with E-state index in [1.165, 1.54) is 43.2 Å². The summed E-state index contributed by atoms with van der Waals surface area (Å²) in [5.41, 5.74) is 10.2. The molecule has 98 valence electrons. The zero-order valence-corrected chi connectivity index (χ0v) is 11.3. The third kappa shape index (κ3) is 3.06. The molecule has 3 N–H and O–H groups in total. The van der Waals surface area contributed by atoms with Crippen molar-refractivity contribution in [3.63, 3.8) is 0 Å². The Morgan fingerprint density at radius 2 is 2.06 bits per heavy atom. The van der Waals surface area contributed by atoms with E-state index in [4.69, 9.17) is 5.73 Å². The Kier molecular flexibility index (Phi) is 4.29. The molecule has 0 unspecified atom stereocenters. The summed E-state index contributed by atoms with van der Waals surface area (Å²) in [5, 5.41) is 3.57. The maximum Gasteiger partial charge on any atom is 0.0346 e. The maximum absolute atomic E-state index is 5.93. The molecule has 0 amide bonds. The molecule has 0 atom stereocenters. The van der Waals surface area contributed by atoms with Gasteiger partial charge in [-0.15, -0.1) is 0 Å². The van der Waals surface area contributed by atoms with Gasteiger partial charge in [0.05, 0.1) is 0 Å². The van der Waals surface area contributed by atoms with E-state index in [9.17, 15) is 0 Å². The van der Waals surface area contributed by atoms with E-state index in [0.717, 1.165) is 17.8 Å². The molecule has 0 spiro atoms. The molecule has 2 heteroatoms. The lowest BCUT2D eigenvalue weighted by Crippen LogP contribution is -2.29. The van der Waals surface area contributed by atoms with Gasteiger partial charge in [-0.2, -0.15) is 0 Å². The largest absolute Gasteiger partial charge is 0.399 e. The van der Waals surface area contributed by atoms with Crippen molar-refractivity contribution < 1.29 is 0 Å². The Morgan fingerprint density at radius 3 is 2.72 bits per heavy atom. The number of nitrogens with two attached hydrogens (primary N) is 1. The number of hydrogen-bond acceptors (Lipinski definition) is 2. The molecule has 0 radical (unpaired) electrons. The monoisotopic (exact) mass is 244 g/mol. The Labute approximate surface area is 110 Å². The van der Waals surface area contributed by atoms with Crippen LogP contribution in [0, 0.1) is 0 Å². The SMILES string of the molecule is C=C(NC1CCCCC1)c1ccc(N)c(CC)c1. The van der Waals surface area contributed by atoms with Crippen molar-refractivity contribution in [2.75, 3.05) is 5.73 Å². The summed E-state index contributed by atoms with van der Waals surface area (Å²) in [6.45, 7) is 6.30. The molecular formula is C16H24N2. The Morgan fingerprint density at radius 1 is 1.33 bits per heavy atom. The summed E-state index contributed by atoms with van der Waals surface area (Å²) in [5.74, 6) is 0. The highest BCUT2D eigenvalue weighted by atomic mass is 14.9. The van der Waals surface area contributed by atoms with Gasteiger partial charge in [0.1, 0.15) is 0 Å². The highest BCUT2D eigenvalue weighted by Crippen LogP contribution is 2.22. The van der Waals surface area contributed by atoms with E-state index in [-0.39, 0.29) is 0 Å². The summed E-state index contributed by atoms with van der Waals surface area (Å²) in [6.07, 6.45) is 7.58. The fourth-order valence-corrected chi connectivity index (χ4v) is 2.68. The third-order valence-electron chi connectivity index (χ3n) is 3.86. The van der Waals surface area contributed by atoms with Gasteiger partial charge in [-0.1, -0.05) is 38.8 Å². The van der Waals surface area contributed by atoms with Crippen LogP contribution in [0.15, 0.2) is 24.8 Å². The van der Waals surface area contributed by atoms with Gasteiger partial charge >= 0.3 is 0 Å². The van der Waals surface area contributed by atoms with E-state index in [0.29, 0.717) is 6.04 Å². The second-order valence-electron chi connectivity index (χ2n) is 5.22. The molecule has 0 saturated heterocycles. The van der Waals surface area contributed by atoms with Gasteiger partial charge in [-0.05, 0) is 42.5 Å². The molecule has 18 heavy (non-hydrogen) atoms. The number of nitrogens with one attached hydrogen (secondary N) is 1. The lowest BCUT2D eigenvalue weighted by Gasteiger charge is -2.25. The second-order valence-corrected chi connectivity index (χ2v) is 5.22. The molecule has 1 saturated carbocycles. The van der Waals surface area contributed by atoms with Gasteiger partial charge in [0.25, 0.3) is 0 Å². The standard InChI is InChI=1S/C16H24N2/c1-3-13-11-14(9-10-16(13)17)12(2)18-15-7-5-4-6-8-15/h9-11,15,18H,2-8,17H2,1H3. The van der Waals surface area contributed by atoms with Crippen molar-refractivity contribution in [2.24, 2.45) is 0 Å². The molecular weight excluding hydrogens is 220 g/mol. The van der Waals surface area contributed by atoms with Crippen molar-refractivity contribution >= 4 is 11.4 Å². The first-order valence-electron chi connectivity index (χ1n) is 7.05. The Bertz CT molecular complexity index is 417. The first kappa shape index (κ1) is 13.0. The molecule has 1 aliphatic carbocycles. The normalized spacial score (nSPS) is 16.5. The highest BCUT2D eigenvalue weighted by Gasteiger charge is 2.14. The van der Waals surface area contributed by atoms with E-state index < -0.39 is 0 Å². The quantitative estimate of drug-likeness (QED) is 0.792. The first-order chi connectivity index (χ1) is 8.70. The van der Waals surface area contributed by atoms with Crippen LogP contribution in [0.1, 0.15) is 50.2 Å². The third-order valence-corrected chi connectivity index (χ3v) is 3.86. The molecule has 2 nitrogen and oxygen atoms in total. The van der Waals surface area contributed by atoms with Gasteiger partial charge in [-0.25, -0.2) is 0 Å². The van der Waals surface area contributed by atoms with E-state index in [1.54, 1.807) is 0 Å². The van der Waals surface area contributed by atoms with Crippen molar-refractivity contribution in [1.29, 1.82) is 0 Å². The van der Waals surface area contributed by atoms with E-state index in [1.807, 2.05) is 6.07 Å². The molecule has 1 aromatic carbocycles. The fourth-order valence-electron chi connectivity index (χ4n) is 2.68. The molecule has 0 aromatic heterocycles. The Balaban J connectivity index is 2.03. The first-order valence-corrected chi connectivity index (χ1v) is 7.05. The minimum absolute atomic E-state index is 0.605. The molecule has 1 aliphatic rings. The number of nitrogen functional groups attached to an aromatic ring is 1. The van der Waals surface area contributed by atoms with E-state index >= 15 is 0 Å². The van der Waals surface area contributed by atoms with E-state index in [2.05, 4.69) is 31.0 Å². The van der Waals surface area contributed by atoms with Crippen LogP contribution in [-0.4, -0.2) is 6.04 Å². The van der Waals surface area contributed by atoms with Crippen molar-refractivity contribution in [3.05, 3.63) is 35.9 Å². The zero-order chi connectivity index (χ0) is 13.0. The summed E-state index contributed by atoms with van der Waals surface area (Å²) in [6, 6.07) is 6.82. The van der Waals surface area contributed by atoms with Crippen LogP contribution in [0.5, 0.6) is 0 Å². The number of benzene rings is 1. The van der Waals surface area contributed by atoms with Gasteiger partial charge in [0.2, 0.25) is 0 Å². The zero-order valence-electron chi connectivity index (χ0n) is 11.3. The molecule has 0 aliphatic heterocycles. The van der Waals surface area contributed by atoms with Crippen molar-refractivity contribution in [3.8, 4) is 0 Å². The maximum atomic E-state index is 5.93. The number of aryl methyl sites for hydroxylation is 1. The summed E-state index contributed by atoms with van der Waals surface area (Å²) >= 11 is 0. The average Bonchev–Trinajstić information content (AvgIpc) is 2.40. The molecule has 1 aromatic rings. The van der Waals surface area contributed by atoms with Gasteiger partial charge in [0, 0.05) is 17.4 Å². The summed E-state index contributed by atoms with van der Waals surface area (Å²) < 4.78 is 0. The van der Waals surface area contributed by atoms with Crippen LogP contribution in [0.25, 0.3) is 5.70 Å². The number of rotatable bonds is 4. The minimum atomic E-state index is 0.605. The molecule has 0 bridgehead atoms. The van der Waals surface area contributed by atoms with Crippen LogP contribution in [0.2, 0.25) is 0 Å². The minimum Gasteiger partial charge on any atom is -0.399 e. The lowest BCUT2D eigenvalue weighted by atomic mass is 9.95. The predicted octanol–water partition coefficient (Wildman–Crippen LogP) is 3.72. The summed E-state index contributed by atoms with van der Waals surface area (Å²) in [4.78, 5) is 0. The van der Waals surface area contributed by atoms with Crippen molar-refractivity contribution in [2.45, 2.75) is 51.5 Å². The molecule has 0 heterocycles. The highest BCUT2D eigenvalue weighted by molar-refractivity contribution is 5.65. The number of anilines is 1. The van der Waals surface area contributed by atoms with Gasteiger partial charge in [0.15, 0.2) is 0 Å². The van der Waals surface area contributed by atoms with Crippen LogP contribution in [0.4, 0.5) is 5.69 Å². The topological polar surface area (TPSA) is 38.0 Å². The van der Waals surface area contributed by atoms with Crippen LogP contribution < -0.4 is 11.1 Å². The number of hydrogen-bond donors (Lipinski definition) is 2. The lowest BCUT2D eigenvalue weighted by molar-refractivity contribution is 0.409. The van der Waals surface area contributed by atoms with Crippen LogP contribution in [-0.2, 0) is 6.42 Å². The Hall–Kier alpha value is -1.44. The average molecular weight is 244 g/mol. The smallest absolute Gasteiger partial charge is 0.0346 e. The van der Waals surface area contributed by atoms with Gasteiger partial charge < -0.3 is 11.1 Å². The van der Waals surface area contributed by atoms with Gasteiger partial charge in [-0.3, -0.25) is 0 Å². The summed E-state index contributed by atoms with van der Waals surface area (Å²) in [7, 11) is 0. The van der Waals surface area contributed by atoms with Crippen LogP contribution >= 0.6 is 0 Å². The van der Waals surface area contributed by atoms with Crippen molar-refractivity contribution in [1.82, 2.24) is 5.32 Å². The fraction of sp³-hybridized carbons (Fsp3) is 0.500.